The van der Waals surface area contributed by atoms with E-state index in [-0.39, 0.29) is 0 Å². The fourth-order valence-corrected chi connectivity index (χ4v) is 3.35. The van der Waals surface area contributed by atoms with Gasteiger partial charge in [-0.1, -0.05) is 44.1 Å². The molecule has 0 saturated heterocycles. The first-order valence-electron chi connectivity index (χ1n) is 8.51. The van der Waals surface area contributed by atoms with Gasteiger partial charge in [-0.3, -0.25) is 0 Å². The van der Waals surface area contributed by atoms with E-state index in [4.69, 9.17) is 5.11 Å². The molecule has 0 amide bonds. The molecule has 22 heavy (non-hydrogen) atoms. The molecule has 1 aliphatic rings. The van der Waals surface area contributed by atoms with Gasteiger partial charge in [0.2, 0.25) is 0 Å². The number of aliphatic carboxylic acids is 1. The highest BCUT2D eigenvalue weighted by molar-refractivity contribution is 5.80. The molecular weight excluding hydrogens is 272 g/mol. The van der Waals surface area contributed by atoms with Crippen LogP contribution in [0.1, 0.15) is 73.1 Å². The summed E-state index contributed by atoms with van der Waals surface area (Å²) >= 11 is 0. The number of hydrogen-bond acceptors (Lipinski definition) is 1. The molecule has 2 nitrogen and oxygen atoms in total. The molecule has 124 valence electrons. The van der Waals surface area contributed by atoms with Gasteiger partial charge in [0.1, 0.15) is 0 Å². The molecule has 0 aromatic rings. The van der Waals surface area contributed by atoms with E-state index in [1.165, 1.54) is 30.9 Å². The lowest BCUT2D eigenvalue weighted by atomic mass is 9.72. The van der Waals surface area contributed by atoms with Crippen molar-refractivity contribution in [2.45, 2.75) is 73.1 Å². The number of allylic oxidation sites excluding steroid dienone is 5. The summed E-state index contributed by atoms with van der Waals surface area (Å²) in [6, 6.07) is 0. The number of rotatable bonds is 7. The minimum atomic E-state index is -0.840. The highest BCUT2D eigenvalue weighted by atomic mass is 16.4. The third kappa shape index (κ3) is 6.21. The lowest BCUT2D eigenvalue weighted by Crippen LogP contribution is -2.19. The SMILES string of the molecule is CC1=C(/C=C/C(C)CCC/C(C)=C/C(=O)O)C(C)(C)CCC1. The van der Waals surface area contributed by atoms with Gasteiger partial charge in [-0.05, 0) is 69.3 Å². The van der Waals surface area contributed by atoms with Gasteiger partial charge in [0.25, 0.3) is 0 Å². The zero-order valence-corrected chi connectivity index (χ0v) is 14.9. The maximum atomic E-state index is 10.6. The Morgan fingerprint density at radius 2 is 2.09 bits per heavy atom. The monoisotopic (exact) mass is 304 g/mol. The fraction of sp³-hybridized carbons (Fsp3) is 0.650. The van der Waals surface area contributed by atoms with Crippen LogP contribution < -0.4 is 0 Å². The molecule has 1 unspecified atom stereocenters. The molecule has 2 heteroatoms. The molecule has 0 spiro atoms. The Labute approximate surface area is 136 Å². The molecule has 1 atom stereocenters. The van der Waals surface area contributed by atoms with Crippen molar-refractivity contribution in [1.82, 2.24) is 0 Å². The standard InChI is InChI=1S/C20H32O2/c1-15(8-6-9-16(2)14-19(21)22)11-12-18-17(3)10-7-13-20(18,4)5/h11-12,14-15H,6-10,13H2,1-5H3,(H,21,22)/b12-11+,16-14+. The van der Waals surface area contributed by atoms with Gasteiger partial charge in [-0.15, -0.1) is 0 Å². The molecule has 0 saturated carbocycles. The van der Waals surface area contributed by atoms with Crippen LogP contribution in [0.3, 0.4) is 0 Å². The maximum Gasteiger partial charge on any atom is 0.328 e. The van der Waals surface area contributed by atoms with Gasteiger partial charge in [-0.25, -0.2) is 4.79 Å². The predicted molar refractivity (Wildman–Crippen MR) is 93.9 cm³/mol. The first-order chi connectivity index (χ1) is 10.2. The molecule has 1 aliphatic carbocycles. The molecule has 0 radical (unpaired) electrons. The van der Waals surface area contributed by atoms with Gasteiger partial charge < -0.3 is 5.11 Å². The van der Waals surface area contributed by atoms with Crippen LogP contribution in [0.5, 0.6) is 0 Å². The van der Waals surface area contributed by atoms with E-state index in [2.05, 4.69) is 39.8 Å². The molecule has 0 aromatic heterocycles. The van der Waals surface area contributed by atoms with Crippen molar-refractivity contribution in [3.8, 4) is 0 Å². The predicted octanol–water partition coefficient (Wildman–Crippen LogP) is 5.91. The highest BCUT2D eigenvalue weighted by Gasteiger charge is 2.26. The Morgan fingerprint density at radius 1 is 1.41 bits per heavy atom. The molecule has 1 rings (SSSR count). The summed E-state index contributed by atoms with van der Waals surface area (Å²) in [6.07, 6.45) is 12.8. The van der Waals surface area contributed by atoms with Crippen molar-refractivity contribution >= 4 is 5.97 Å². The van der Waals surface area contributed by atoms with Crippen molar-refractivity contribution < 1.29 is 9.90 Å². The summed E-state index contributed by atoms with van der Waals surface area (Å²) < 4.78 is 0. The van der Waals surface area contributed by atoms with E-state index in [9.17, 15) is 4.79 Å². The number of hydrogen-bond donors (Lipinski definition) is 1. The summed E-state index contributed by atoms with van der Waals surface area (Å²) in [4.78, 5) is 10.6. The van der Waals surface area contributed by atoms with Gasteiger partial charge in [0.15, 0.2) is 0 Å². The molecule has 0 aliphatic heterocycles. The summed E-state index contributed by atoms with van der Waals surface area (Å²) in [6.45, 7) is 11.1. The van der Waals surface area contributed by atoms with E-state index in [0.29, 0.717) is 11.3 Å². The quantitative estimate of drug-likeness (QED) is 0.594. The average molecular weight is 304 g/mol. The maximum absolute atomic E-state index is 10.6. The Morgan fingerprint density at radius 3 is 2.68 bits per heavy atom. The van der Waals surface area contributed by atoms with Crippen molar-refractivity contribution in [3.63, 3.8) is 0 Å². The topological polar surface area (TPSA) is 37.3 Å². The van der Waals surface area contributed by atoms with Crippen LogP contribution in [0, 0.1) is 11.3 Å². The fourth-order valence-electron chi connectivity index (χ4n) is 3.35. The van der Waals surface area contributed by atoms with Crippen LogP contribution in [-0.2, 0) is 4.79 Å². The van der Waals surface area contributed by atoms with Crippen LogP contribution in [0.4, 0.5) is 0 Å². The number of carboxylic acids is 1. The first-order valence-corrected chi connectivity index (χ1v) is 8.51. The van der Waals surface area contributed by atoms with Crippen molar-refractivity contribution in [1.29, 1.82) is 0 Å². The van der Waals surface area contributed by atoms with E-state index in [0.717, 1.165) is 24.8 Å². The van der Waals surface area contributed by atoms with Crippen molar-refractivity contribution in [2.24, 2.45) is 11.3 Å². The Hall–Kier alpha value is -1.31. The molecular formula is C20H32O2. The second kappa shape index (κ2) is 8.36. The summed E-state index contributed by atoms with van der Waals surface area (Å²) in [5.41, 5.74) is 4.32. The first kappa shape index (κ1) is 18.7. The summed E-state index contributed by atoms with van der Waals surface area (Å²) in [5, 5.41) is 8.70. The lowest BCUT2D eigenvalue weighted by molar-refractivity contribution is -0.131. The third-order valence-electron chi connectivity index (χ3n) is 4.73. The Kier molecular flexibility index (Phi) is 7.12. The number of carbonyl (C=O) groups is 1. The highest BCUT2D eigenvalue weighted by Crippen LogP contribution is 2.40. The zero-order chi connectivity index (χ0) is 16.8. The van der Waals surface area contributed by atoms with Crippen molar-refractivity contribution in [3.05, 3.63) is 34.9 Å². The minimum Gasteiger partial charge on any atom is -0.478 e. The largest absolute Gasteiger partial charge is 0.478 e. The van der Waals surface area contributed by atoms with Crippen LogP contribution in [0.2, 0.25) is 0 Å². The third-order valence-corrected chi connectivity index (χ3v) is 4.73. The van der Waals surface area contributed by atoms with Gasteiger partial charge in [-0.2, -0.15) is 0 Å². The molecule has 0 heterocycles. The van der Waals surface area contributed by atoms with Gasteiger partial charge in [0, 0.05) is 6.08 Å². The van der Waals surface area contributed by atoms with Gasteiger partial charge in [0.05, 0.1) is 0 Å². The second-order valence-electron chi connectivity index (χ2n) is 7.49. The van der Waals surface area contributed by atoms with E-state index in [1.54, 1.807) is 5.57 Å². The smallest absolute Gasteiger partial charge is 0.328 e. The van der Waals surface area contributed by atoms with Crippen LogP contribution >= 0.6 is 0 Å². The molecule has 1 N–H and O–H groups in total. The van der Waals surface area contributed by atoms with Crippen molar-refractivity contribution in [2.75, 3.05) is 0 Å². The molecule has 0 aromatic carbocycles. The summed E-state index contributed by atoms with van der Waals surface area (Å²) in [7, 11) is 0. The minimum absolute atomic E-state index is 0.305. The van der Waals surface area contributed by atoms with E-state index >= 15 is 0 Å². The second-order valence-corrected chi connectivity index (χ2v) is 7.49. The molecule has 0 fully saturated rings. The van der Waals surface area contributed by atoms with Crippen LogP contribution in [0.25, 0.3) is 0 Å². The zero-order valence-electron chi connectivity index (χ0n) is 14.9. The van der Waals surface area contributed by atoms with Gasteiger partial charge >= 0.3 is 5.97 Å². The van der Waals surface area contributed by atoms with E-state index in [1.807, 2.05) is 6.92 Å². The Bertz CT molecular complexity index is 478. The van der Waals surface area contributed by atoms with Crippen LogP contribution in [-0.4, -0.2) is 11.1 Å². The van der Waals surface area contributed by atoms with Crippen LogP contribution in [0.15, 0.2) is 34.9 Å². The number of carboxylic acid groups (broad SMARTS) is 1. The lowest BCUT2D eigenvalue weighted by Gasteiger charge is -2.33. The summed E-state index contributed by atoms with van der Waals surface area (Å²) in [5.74, 6) is -0.303. The normalized spacial score (nSPS) is 20.5. The molecule has 0 bridgehead atoms. The average Bonchev–Trinajstić information content (AvgIpc) is 2.36. The van der Waals surface area contributed by atoms with E-state index < -0.39 is 5.97 Å². The Balaban J connectivity index is 2.51.